The molecule has 24 heavy (non-hydrogen) atoms. The van der Waals surface area contributed by atoms with Gasteiger partial charge in [0.1, 0.15) is 24.4 Å². The molecule has 1 aromatic carbocycles. The van der Waals surface area contributed by atoms with Gasteiger partial charge in [-0.3, -0.25) is 4.79 Å². The molecule has 1 atom stereocenters. The van der Waals surface area contributed by atoms with Crippen molar-refractivity contribution in [2.75, 3.05) is 25.6 Å². The van der Waals surface area contributed by atoms with E-state index < -0.39 is 0 Å². The SMILES string of the molecule is CCOc1ccc2c(c1)CC(C(=O)Nc1ncncc1OC)CO2. The molecule has 1 amide bonds. The third-order valence-corrected chi connectivity index (χ3v) is 3.76. The van der Waals surface area contributed by atoms with Crippen molar-refractivity contribution in [3.05, 3.63) is 36.3 Å². The van der Waals surface area contributed by atoms with Crippen LogP contribution in [0.25, 0.3) is 0 Å². The fourth-order valence-corrected chi connectivity index (χ4v) is 2.57. The number of nitrogens with one attached hydrogen (secondary N) is 1. The van der Waals surface area contributed by atoms with Gasteiger partial charge in [-0.25, -0.2) is 9.97 Å². The van der Waals surface area contributed by atoms with E-state index in [1.54, 1.807) is 0 Å². The van der Waals surface area contributed by atoms with Crippen molar-refractivity contribution in [3.8, 4) is 17.2 Å². The van der Waals surface area contributed by atoms with Gasteiger partial charge in [-0.2, -0.15) is 0 Å². The number of aromatic nitrogens is 2. The van der Waals surface area contributed by atoms with Crippen LogP contribution in [0.5, 0.6) is 17.2 Å². The minimum absolute atomic E-state index is 0.167. The van der Waals surface area contributed by atoms with Crippen molar-refractivity contribution < 1.29 is 19.0 Å². The predicted octanol–water partition coefficient (Wildman–Crippen LogP) is 2.07. The van der Waals surface area contributed by atoms with Crippen molar-refractivity contribution in [1.29, 1.82) is 0 Å². The van der Waals surface area contributed by atoms with E-state index in [1.807, 2.05) is 25.1 Å². The van der Waals surface area contributed by atoms with E-state index in [0.717, 1.165) is 17.1 Å². The highest BCUT2D eigenvalue weighted by Gasteiger charge is 2.27. The summed E-state index contributed by atoms with van der Waals surface area (Å²) in [5, 5.41) is 2.78. The molecule has 0 spiro atoms. The molecule has 3 rings (SSSR count). The number of methoxy groups -OCH3 is 1. The lowest BCUT2D eigenvalue weighted by molar-refractivity contribution is -0.121. The van der Waals surface area contributed by atoms with E-state index >= 15 is 0 Å². The quantitative estimate of drug-likeness (QED) is 0.904. The fraction of sp³-hybridized carbons (Fsp3) is 0.353. The summed E-state index contributed by atoms with van der Waals surface area (Å²) in [4.78, 5) is 20.4. The maximum absolute atomic E-state index is 12.5. The van der Waals surface area contributed by atoms with E-state index in [0.29, 0.717) is 31.2 Å². The van der Waals surface area contributed by atoms with Gasteiger partial charge in [-0.05, 0) is 37.1 Å². The number of anilines is 1. The van der Waals surface area contributed by atoms with Gasteiger partial charge in [0.05, 0.1) is 25.8 Å². The van der Waals surface area contributed by atoms with E-state index in [2.05, 4.69) is 15.3 Å². The molecule has 7 heteroatoms. The van der Waals surface area contributed by atoms with E-state index in [9.17, 15) is 4.79 Å². The topological polar surface area (TPSA) is 82.6 Å². The van der Waals surface area contributed by atoms with Gasteiger partial charge in [0.15, 0.2) is 11.6 Å². The highest BCUT2D eigenvalue weighted by atomic mass is 16.5. The van der Waals surface area contributed by atoms with Gasteiger partial charge in [-0.15, -0.1) is 0 Å². The Balaban J connectivity index is 1.72. The zero-order valence-corrected chi connectivity index (χ0v) is 13.6. The van der Waals surface area contributed by atoms with E-state index in [1.165, 1.54) is 19.6 Å². The molecule has 7 nitrogen and oxygen atoms in total. The summed E-state index contributed by atoms with van der Waals surface area (Å²) in [6.45, 7) is 2.85. The predicted molar refractivity (Wildman–Crippen MR) is 87.5 cm³/mol. The highest BCUT2D eigenvalue weighted by molar-refractivity contribution is 5.93. The number of ether oxygens (including phenoxy) is 3. The maximum atomic E-state index is 12.5. The molecular formula is C17H19N3O4. The Morgan fingerprint density at radius 1 is 1.46 bits per heavy atom. The van der Waals surface area contributed by atoms with Gasteiger partial charge >= 0.3 is 0 Å². The second kappa shape index (κ2) is 7.16. The summed E-state index contributed by atoms with van der Waals surface area (Å²) >= 11 is 0. The summed E-state index contributed by atoms with van der Waals surface area (Å²) in [7, 11) is 1.50. The first kappa shape index (κ1) is 16.0. The first-order valence-corrected chi connectivity index (χ1v) is 7.74. The Morgan fingerprint density at radius 2 is 2.33 bits per heavy atom. The molecule has 0 fully saturated rings. The average molecular weight is 329 g/mol. The van der Waals surface area contributed by atoms with Gasteiger partial charge in [0.2, 0.25) is 5.91 Å². The van der Waals surface area contributed by atoms with Gasteiger partial charge in [0.25, 0.3) is 0 Å². The van der Waals surface area contributed by atoms with E-state index in [-0.39, 0.29) is 11.8 Å². The van der Waals surface area contributed by atoms with Crippen molar-refractivity contribution in [1.82, 2.24) is 9.97 Å². The zero-order valence-electron chi connectivity index (χ0n) is 13.6. The smallest absolute Gasteiger partial charge is 0.232 e. The second-order valence-corrected chi connectivity index (χ2v) is 5.34. The Morgan fingerprint density at radius 3 is 3.12 bits per heavy atom. The largest absolute Gasteiger partial charge is 0.494 e. The van der Waals surface area contributed by atoms with Crippen molar-refractivity contribution in [3.63, 3.8) is 0 Å². The molecule has 1 aliphatic rings. The van der Waals surface area contributed by atoms with Crippen LogP contribution in [-0.2, 0) is 11.2 Å². The Hall–Kier alpha value is -2.83. The van der Waals surface area contributed by atoms with Gasteiger partial charge in [0, 0.05) is 0 Å². The van der Waals surface area contributed by atoms with Crippen LogP contribution in [0, 0.1) is 5.92 Å². The van der Waals surface area contributed by atoms with Crippen LogP contribution in [0.15, 0.2) is 30.7 Å². The molecule has 2 heterocycles. The summed E-state index contributed by atoms with van der Waals surface area (Å²) in [5.41, 5.74) is 0.960. The van der Waals surface area contributed by atoms with Crippen LogP contribution in [0.2, 0.25) is 0 Å². The minimum Gasteiger partial charge on any atom is -0.494 e. The highest BCUT2D eigenvalue weighted by Crippen LogP contribution is 2.31. The molecule has 0 saturated heterocycles. The lowest BCUT2D eigenvalue weighted by Gasteiger charge is -2.25. The number of hydrogen-bond donors (Lipinski definition) is 1. The summed E-state index contributed by atoms with van der Waals surface area (Å²) < 4.78 is 16.4. The van der Waals surface area contributed by atoms with Crippen LogP contribution < -0.4 is 19.5 Å². The normalized spacial score (nSPS) is 15.8. The number of fused-ring (bicyclic) bond motifs is 1. The average Bonchev–Trinajstić information content (AvgIpc) is 2.62. The Labute approximate surface area is 140 Å². The van der Waals surface area contributed by atoms with Gasteiger partial charge in [-0.1, -0.05) is 0 Å². The first-order valence-electron chi connectivity index (χ1n) is 7.74. The molecule has 1 aromatic heterocycles. The minimum atomic E-state index is -0.311. The third-order valence-electron chi connectivity index (χ3n) is 3.76. The molecule has 0 aliphatic carbocycles. The number of carbonyl (C=O) groups excluding carboxylic acids is 1. The number of amides is 1. The molecular weight excluding hydrogens is 310 g/mol. The third kappa shape index (κ3) is 3.40. The van der Waals surface area contributed by atoms with Crippen LogP contribution >= 0.6 is 0 Å². The molecule has 1 aliphatic heterocycles. The molecule has 1 unspecified atom stereocenters. The van der Waals surface area contributed by atoms with Gasteiger partial charge < -0.3 is 19.5 Å². The van der Waals surface area contributed by atoms with Crippen LogP contribution in [-0.4, -0.2) is 36.2 Å². The van der Waals surface area contributed by atoms with Crippen molar-refractivity contribution >= 4 is 11.7 Å². The number of carbonyl (C=O) groups is 1. The zero-order chi connectivity index (χ0) is 16.9. The lowest BCUT2D eigenvalue weighted by atomic mass is 9.96. The number of rotatable bonds is 5. The number of hydrogen-bond acceptors (Lipinski definition) is 6. The van der Waals surface area contributed by atoms with Crippen molar-refractivity contribution in [2.24, 2.45) is 5.92 Å². The van der Waals surface area contributed by atoms with Crippen molar-refractivity contribution in [2.45, 2.75) is 13.3 Å². The monoisotopic (exact) mass is 329 g/mol. The Bertz CT molecular complexity index is 736. The fourth-order valence-electron chi connectivity index (χ4n) is 2.57. The van der Waals surface area contributed by atoms with Crippen LogP contribution in [0.4, 0.5) is 5.82 Å². The Kier molecular flexibility index (Phi) is 4.79. The molecule has 0 radical (unpaired) electrons. The number of nitrogens with zero attached hydrogens (tertiary/aromatic N) is 2. The first-order chi connectivity index (χ1) is 11.7. The molecule has 0 saturated carbocycles. The molecule has 1 N–H and O–H groups in total. The standard InChI is InChI=1S/C17H19N3O4/c1-3-23-13-4-5-14-11(7-13)6-12(9-24-14)17(21)20-16-15(22-2)8-18-10-19-16/h4-5,7-8,10,12H,3,6,9H2,1-2H3,(H,18,19,20,21). The summed E-state index contributed by atoms with van der Waals surface area (Å²) in [6, 6.07) is 5.67. The second-order valence-electron chi connectivity index (χ2n) is 5.34. The lowest BCUT2D eigenvalue weighted by Crippen LogP contribution is -2.33. The van der Waals surface area contributed by atoms with Crippen LogP contribution in [0.1, 0.15) is 12.5 Å². The summed E-state index contributed by atoms with van der Waals surface area (Å²) in [5.74, 6) is 1.86. The summed E-state index contributed by atoms with van der Waals surface area (Å²) in [6.07, 6.45) is 3.44. The molecule has 2 aromatic rings. The van der Waals surface area contributed by atoms with E-state index in [4.69, 9.17) is 14.2 Å². The van der Waals surface area contributed by atoms with Crippen LogP contribution in [0.3, 0.4) is 0 Å². The molecule has 0 bridgehead atoms. The molecule has 126 valence electrons. The number of benzene rings is 1. The maximum Gasteiger partial charge on any atom is 0.232 e.